The van der Waals surface area contributed by atoms with Gasteiger partial charge in [0, 0.05) is 40.8 Å². The standard InChI is InChI=1S/C14H23NO2S/c1-11(10-14(2,3)17-4)15-12-6-8-13(9-7-12)18(5)16/h6-9,11,15H,10H2,1-5H3. The number of ether oxygens (including phenoxy) is 1. The summed E-state index contributed by atoms with van der Waals surface area (Å²) in [6, 6.07) is 8.04. The summed E-state index contributed by atoms with van der Waals surface area (Å²) < 4.78 is 16.7. The average molecular weight is 269 g/mol. The van der Waals surface area contributed by atoms with E-state index in [0.29, 0.717) is 6.04 Å². The summed E-state index contributed by atoms with van der Waals surface area (Å²) in [5, 5.41) is 3.42. The molecule has 0 bridgehead atoms. The smallest absolute Gasteiger partial charge is 0.0642 e. The van der Waals surface area contributed by atoms with E-state index in [1.54, 1.807) is 13.4 Å². The molecule has 0 aliphatic rings. The van der Waals surface area contributed by atoms with E-state index in [9.17, 15) is 4.21 Å². The molecule has 0 fully saturated rings. The van der Waals surface area contributed by atoms with Crippen LogP contribution >= 0.6 is 0 Å². The quantitative estimate of drug-likeness (QED) is 0.862. The first kappa shape index (κ1) is 15.2. The van der Waals surface area contributed by atoms with Crippen LogP contribution in [0, 0.1) is 0 Å². The molecular weight excluding hydrogens is 246 g/mol. The van der Waals surface area contributed by atoms with Crippen LogP contribution in [0.3, 0.4) is 0 Å². The fourth-order valence-corrected chi connectivity index (χ4v) is 2.42. The van der Waals surface area contributed by atoms with Gasteiger partial charge < -0.3 is 10.1 Å². The van der Waals surface area contributed by atoms with Crippen LogP contribution < -0.4 is 5.32 Å². The molecule has 2 atom stereocenters. The van der Waals surface area contributed by atoms with Crippen molar-refractivity contribution < 1.29 is 8.95 Å². The summed E-state index contributed by atoms with van der Waals surface area (Å²) in [7, 11) is 0.819. The molecule has 2 unspecified atom stereocenters. The van der Waals surface area contributed by atoms with Gasteiger partial charge >= 0.3 is 0 Å². The number of rotatable bonds is 6. The van der Waals surface area contributed by atoms with Crippen LogP contribution in [0.25, 0.3) is 0 Å². The normalized spacial score (nSPS) is 15.2. The molecule has 0 amide bonds. The number of hydrogen-bond acceptors (Lipinski definition) is 3. The summed E-state index contributed by atoms with van der Waals surface area (Å²) >= 11 is 0. The van der Waals surface area contributed by atoms with Crippen molar-refractivity contribution in [2.75, 3.05) is 18.7 Å². The third-order valence-corrected chi connectivity index (χ3v) is 3.89. The predicted molar refractivity (Wildman–Crippen MR) is 77.6 cm³/mol. The first-order valence-electron chi connectivity index (χ1n) is 6.09. The Hall–Kier alpha value is -0.870. The highest BCUT2D eigenvalue weighted by Gasteiger charge is 2.19. The highest BCUT2D eigenvalue weighted by molar-refractivity contribution is 7.84. The molecule has 4 heteroatoms. The van der Waals surface area contributed by atoms with Crippen LogP contribution in [0.15, 0.2) is 29.2 Å². The summed E-state index contributed by atoms with van der Waals surface area (Å²) in [4.78, 5) is 0.852. The minimum Gasteiger partial charge on any atom is -0.382 e. The van der Waals surface area contributed by atoms with Crippen LogP contribution in [0.2, 0.25) is 0 Å². The monoisotopic (exact) mass is 269 g/mol. The Morgan fingerprint density at radius 3 is 2.33 bits per heavy atom. The zero-order valence-corrected chi connectivity index (χ0v) is 12.6. The molecule has 3 nitrogen and oxygen atoms in total. The maximum absolute atomic E-state index is 11.3. The SMILES string of the molecule is COC(C)(C)CC(C)Nc1ccc(S(C)=O)cc1. The minimum absolute atomic E-state index is 0.128. The molecule has 0 aliphatic carbocycles. The Balaban J connectivity index is 2.59. The fourth-order valence-electron chi connectivity index (χ4n) is 1.90. The second-order valence-corrected chi connectivity index (χ2v) is 6.57. The Bertz CT molecular complexity index is 401. The lowest BCUT2D eigenvalue weighted by atomic mass is 10.00. The Labute approximate surface area is 112 Å². The fraction of sp³-hybridized carbons (Fsp3) is 0.571. The topological polar surface area (TPSA) is 38.3 Å². The lowest BCUT2D eigenvalue weighted by molar-refractivity contribution is 0.0128. The van der Waals surface area contributed by atoms with E-state index in [0.717, 1.165) is 17.0 Å². The van der Waals surface area contributed by atoms with E-state index >= 15 is 0 Å². The zero-order chi connectivity index (χ0) is 13.8. The highest BCUT2D eigenvalue weighted by Crippen LogP contribution is 2.19. The molecule has 0 heterocycles. The highest BCUT2D eigenvalue weighted by atomic mass is 32.2. The van der Waals surface area contributed by atoms with Crippen molar-refractivity contribution in [2.24, 2.45) is 0 Å². The maximum Gasteiger partial charge on any atom is 0.0642 e. The molecule has 0 radical (unpaired) electrons. The van der Waals surface area contributed by atoms with Gasteiger partial charge in [-0.3, -0.25) is 4.21 Å². The number of benzene rings is 1. The summed E-state index contributed by atoms with van der Waals surface area (Å²) in [6.45, 7) is 6.29. The molecule has 1 rings (SSSR count). The van der Waals surface area contributed by atoms with Crippen LogP contribution in [0.5, 0.6) is 0 Å². The van der Waals surface area contributed by atoms with E-state index in [1.807, 2.05) is 24.3 Å². The van der Waals surface area contributed by atoms with Crippen molar-refractivity contribution in [3.05, 3.63) is 24.3 Å². The van der Waals surface area contributed by atoms with Crippen LogP contribution in [-0.4, -0.2) is 29.2 Å². The zero-order valence-electron chi connectivity index (χ0n) is 11.8. The molecule has 1 aromatic rings. The van der Waals surface area contributed by atoms with Crippen molar-refractivity contribution >= 4 is 16.5 Å². The van der Waals surface area contributed by atoms with Gasteiger partial charge in [0.1, 0.15) is 0 Å². The van der Waals surface area contributed by atoms with Crippen LogP contribution in [0.4, 0.5) is 5.69 Å². The Kier molecular flexibility index (Phi) is 5.35. The van der Waals surface area contributed by atoms with Gasteiger partial charge in [0.05, 0.1) is 5.60 Å². The van der Waals surface area contributed by atoms with Crippen molar-refractivity contribution in [3.63, 3.8) is 0 Å². The lowest BCUT2D eigenvalue weighted by Gasteiger charge is -2.27. The Morgan fingerprint density at radius 1 is 1.33 bits per heavy atom. The molecule has 0 spiro atoms. The first-order valence-corrected chi connectivity index (χ1v) is 7.65. The van der Waals surface area contributed by atoms with Gasteiger partial charge in [-0.2, -0.15) is 0 Å². The first-order chi connectivity index (χ1) is 8.34. The molecule has 18 heavy (non-hydrogen) atoms. The van der Waals surface area contributed by atoms with E-state index < -0.39 is 10.8 Å². The van der Waals surface area contributed by atoms with E-state index in [2.05, 4.69) is 26.1 Å². The van der Waals surface area contributed by atoms with Crippen molar-refractivity contribution in [1.29, 1.82) is 0 Å². The molecule has 102 valence electrons. The van der Waals surface area contributed by atoms with Crippen LogP contribution in [0.1, 0.15) is 27.2 Å². The van der Waals surface area contributed by atoms with Crippen molar-refractivity contribution in [3.8, 4) is 0 Å². The number of anilines is 1. The number of nitrogens with one attached hydrogen (secondary N) is 1. The van der Waals surface area contributed by atoms with Gasteiger partial charge in [-0.1, -0.05) is 0 Å². The molecule has 0 saturated carbocycles. The van der Waals surface area contributed by atoms with Gasteiger partial charge in [0.25, 0.3) is 0 Å². The number of methoxy groups -OCH3 is 1. The third-order valence-electron chi connectivity index (χ3n) is 2.95. The van der Waals surface area contributed by atoms with Gasteiger partial charge in [-0.05, 0) is 51.5 Å². The molecule has 0 saturated heterocycles. The van der Waals surface area contributed by atoms with Gasteiger partial charge in [0.15, 0.2) is 0 Å². The largest absolute Gasteiger partial charge is 0.382 e. The van der Waals surface area contributed by atoms with Crippen LogP contribution in [-0.2, 0) is 15.5 Å². The van der Waals surface area contributed by atoms with E-state index in [4.69, 9.17) is 4.74 Å². The molecule has 1 aromatic carbocycles. The van der Waals surface area contributed by atoms with Crippen molar-refractivity contribution in [1.82, 2.24) is 0 Å². The van der Waals surface area contributed by atoms with Crippen molar-refractivity contribution in [2.45, 2.75) is 43.7 Å². The summed E-state index contributed by atoms with van der Waals surface area (Å²) in [6.07, 6.45) is 2.61. The average Bonchev–Trinajstić information content (AvgIpc) is 2.29. The van der Waals surface area contributed by atoms with Gasteiger partial charge in [-0.25, -0.2) is 0 Å². The van der Waals surface area contributed by atoms with E-state index in [-0.39, 0.29) is 5.60 Å². The summed E-state index contributed by atoms with van der Waals surface area (Å²) in [5.41, 5.74) is 0.917. The van der Waals surface area contributed by atoms with Gasteiger partial charge in [-0.15, -0.1) is 0 Å². The number of hydrogen-bond donors (Lipinski definition) is 1. The Morgan fingerprint density at radius 2 is 1.89 bits per heavy atom. The molecular formula is C14H23NO2S. The molecule has 0 aliphatic heterocycles. The second kappa shape index (κ2) is 6.34. The minimum atomic E-state index is -0.915. The predicted octanol–water partition coefficient (Wildman–Crippen LogP) is 3.04. The van der Waals surface area contributed by atoms with Gasteiger partial charge in [0.2, 0.25) is 0 Å². The lowest BCUT2D eigenvalue weighted by Crippen LogP contribution is -2.31. The maximum atomic E-state index is 11.3. The molecule has 1 N–H and O–H groups in total. The van der Waals surface area contributed by atoms with E-state index in [1.165, 1.54) is 0 Å². The second-order valence-electron chi connectivity index (χ2n) is 5.19. The third kappa shape index (κ3) is 4.78. The molecule has 0 aromatic heterocycles. The summed E-state index contributed by atoms with van der Waals surface area (Å²) in [5.74, 6) is 0.